The Balaban J connectivity index is 1.75. The number of rotatable bonds is 3. The number of ether oxygens (including phenoxy) is 1. The molecule has 1 atom stereocenters. The van der Waals surface area contributed by atoms with Gasteiger partial charge in [0, 0.05) is 32.9 Å². The fourth-order valence-electron chi connectivity index (χ4n) is 2.39. The fourth-order valence-corrected chi connectivity index (χ4v) is 2.39. The molecule has 1 aliphatic rings. The number of anilines is 1. The lowest BCUT2D eigenvalue weighted by Gasteiger charge is -2.32. The molecule has 1 amide bonds. The zero-order valence-electron chi connectivity index (χ0n) is 13.4. The van der Waals surface area contributed by atoms with E-state index in [0.29, 0.717) is 31.3 Å². The van der Waals surface area contributed by atoms with Crippen LogP contribution in [0.25, 0.3) is 0 Å². The molecule has 3 heterocycles. The van der Waals surface area contributed by atoms with Crippen molar-refractivity contribution in [3.05, 3.63) is 35.5 Å². The van der Waals surface area contributed by atoms with Gasteiger partial charge in [0.1, 0.15) is 6.10 Å². The Morgan fingerprint density at radius 2 is 2.26 bits per heavy atom. The van der Waals surface area contributed by atoms with Crippen molar-refractivity contribution in [3.63, 3.8) is 0 Å². The largest absolute Gasteiger partial charge is 0.368 e. The summed E-state index contributed by atoms with van der Waals surface area (Å²) < 4.78 is 10.8. The maximum atomic E-state index is 12.5. The van der Waals surface area contributed by atoms with Crippen LogP contribution in [0.2, 0.25) is 0 Å². The van der Waals surface area contributed by atoms with Crippen LogP contribution in [-0.2, 0) is 4.74 Å². The summed E-state index contributed by atoms with van der Waals surface area (Å²) in [5.74, 6) is 0.681. The number of carbonyl (C=O) groups is 1. The van der Waals surface area contributed by atoms with Gasteiger partial charge in [-0.05, 0) is 13.0 Å². The lowest BCUT2D eigenvalue weighted by atomic mass is 10.2. The molecule has 8 nitrogen and oxygen atoms in total. The summed E-state index contributed by atoms with van der Waals surface area (Å²) in [6.45, 7) is 3.17. The van der Waals surface area contributed by atoms with E-state index in [2.05, 4.69) is 15.1 Å². The summed E-state index contributed by atoms with van der Waals surface area (Å²) in [6.07, 6.45) is 1.42. The van der Waals surface area contributed by atoms with Crippen LogP contribution in [-0.4, -0.2) is 59.7 Å². The van der Waals surface area contributed by atoms with Gasteiger partial charge in [-0.15, -0.1) is 0 Å². The van der Waals surface area contributed by atoms with Gasteiger partial charge in [0.2, 0.25) is 11.7 Å². The van der Waals surface area contributed by atoms with Crippen molar-refractivity contribution < 1.29 is 14.1 Å². The second kappa shape index (κ2) is 6.33. The number of morpholine rings is 1. The van der Waals surface area contributed by atoms with Crippen LogP contribution < -0.4 is 4.90 Å². The number of nitrogens with zero attached hydrogens (tertiary/aromatic N) is 5. The Kier molecular flexibility index (Phi) is 4.24. The number of aryl methyl sites for hydroxylation is 1. The number of hydrogen-bond donors (Lipinski definition) is 0. The topological polar surface area (TPSA) is 84.6 Å². The molecular weight excluding hydrogens is 298 g/mol. The second-order valence-electron chi connectivity index (χ2n) is 5.62. The average Bonchev–Trinajstić information content (AvgIpc) is 3.01. The van der Waals surface area contributed by atoms with Gasteiger partial charge in [-0.2, -0.15) is 0 Å². The molecule has 8 heteroatoms. The van der Waals surface area contributed by atoms with Crippen LogP contribution in [0.1, 0.15) is 28.0 Å². The SMILES string of the molecule is Cc1cc(C(=O)N2CCOC(c3ccnc(N(C)C)n3)C2)on1. The lowest BCUT2D eigenvalue weighted by molar-refractivity contribution is -0.0258. The van der Waals surface area contributed by atoms with Crippen molar-refractivity contribution in [2.75, 3.05) is 38.7 Å². The summed E-state index contributed by atoms with van der Waals surface area (Å²) >= 11 is 0. The average molecular weight is 317 g/mol. The molecule has 0 N–H and O–H groups in total. The van der Waals surface area contributed by atoms with Gasteiger partial charge in [-0.1, -0.05) is 5.16 Å². The molecule has 3 rings (SSSR count). The summed E-state index contributed by atoms with van der Waals surface area (Å²) in [5, 5.41) is 3.76. The normalized spacial score (nSPS) is 18.0. The lowest BCUT2D eigenvalue weighted by Crippen LogP contribution is -2.42. The third-order valence-electron chi connectivity index (χ3n) is 3.59. The minimum Gasteiger partial charge on any atom is -0.368 e. The summed E-state index contributed by atoms with van der Waals surface area (Å²) in [5.41, 5.74) is 1.44. The van der Waals surface area contributed by atoms with E-state index >= 15 is 0 Å². The first kappa shape index (κ1) is 15.4. The smallest absolute Gasteiger partial charge is 0.292 e. The van der Waals surface area contributed by atoms with Crippen molar-refractivity contribution in [3.8, 4) is 0 Å². The van der Waals surface area contributed by atoms with E-state index in [1.165, 1.54) is 0 Å². The molecule has 0 aromatic carbocycles. The van der Waals surface area contributed by atoms with Crippen LogP contribution in [0.5, 0.6) is 0 Å². The van der Waals surface area contributed by atoms with E-state index in [0.717, 1.165) is 5.69 Å². The summed E-state index contributed by atoms with van der Waals surface area (Å²) in [4.78, 5) is 24.7. The minimum absolute atomic E-state index is 0.180. The molecule has 0 spiro atoms. The van der Waals surface area contributed by atoms with Crippen molar-refractivity contribution in [2.45, 2.75) is 13.0 Å². The number of amides is 1. The van der Waals surface area contributed by atoms with Crippen molar-refractivity contribution in [1.82, 2.24) is 20.0 Å². The molecule has 122 valence electrons. The third-order valence-corrected chi connectivity index (χ3v) is 3.59. The van der Waals surface area contributed by atoms with Crippen molar-refractivity contribution >= 4 is 11.9 Å². The van der Waals surface area contributed by atoms with Gasteiger partial charge in [-0.3, -0.25) is 4.79 Å². The molecule has 23 heavy (non-hydrogen) atoms. The molecular formula is C15H19N5O3. The molecule has 2 aromatic rings. The predicted molar refractivity (Wildman–Crippen MR) is 82.2 cm³/mol. The molecule has 1 unspecified atom stereocenters. The molecule has 0 aliphatic carbocycles. The fraction of sp³-hybridized carbons (Fsp3) is 0.467. The number of hydrogen-bond acceptors (Lipinski definition) is 7. The van der Waals surface area contributed by atoms with Crippen LogP contribution in [0, 0.1) is 6.92 Å². The molecule has 0 saturated carbocycles. The van der Waals surface area contributed by atoms with E-state index in [1.54, 1.807) is 24.1 Å². The highest BCUT2D eigenvalue weighted by molar-refractivity contribution is 5.91. The van der Waals surface area contributed by atoms with Crippen LogP contribution in [0.15, 0.2) is 22.9 Å². The summed E-state index contributed by atoms with van der Waals surface area (Å²) in [6, 6.07) is 3.45. The zero-order chi connectivity index (χ0) is 16.4. The van der Waals surface area contributed by atoms with E-state index < -0.39 is 0 Å². The number of carbonyl (C=O) groups excluding carboxylic acids is 1. The van der Waals surface area contributed by atoms with Gasteiger partial charge in [-0.25, -0.2) is 9.97 Å². The quantitative estimate of drug-likeness (QED) is 0.836. The molecule has 1 saturated heterocycles. The second-order valence-corrected chi connectivity index (χ2v) is 5.62. The maximum Gasteiger partial charge on any atom is 0.292 e. The third kappa shape index (κ3) is 3.31. The van der Waals surface area contributed by atoms with Crippen LogP contribution in [0.3, 0.4) is 0 Å². The molecule has 1 fully saturated rings. The van der Waals surface area contributed by atoms with Gasteiger partial charge in [0.05, 0.1) is 24.5 Å². The molecule has 0 radical (unpaired) electrons. The van der Waals surface area contributed by atoms with E-state index in [1.807, 2.05) is 25.1 Å². The van der Waals surface area contributed by atoms with E-state index in [4.69, 9.17) is 9.26 Å². The molecule has 2 aromatic heterocycles. The Morgan fingerprint density at radius 1 is 1.43 bits per heavy atom. The monoisotopic (exact) mass is 317 g/mol. The van der Waals surface area contributed by atoms with E-state index in [-0.39, 0.29) is 17.8 Å². The number of aromatic nitrogens is 3. The first-order valence-electron chi connectivity index (χ1n) is 7.39. The summed E-state index contributed by atoms with van der Waals surface area (Å²) in [7, 11) is 3.76. The predicted octanol–water partition coefficient (Wildman–Crippen LogP) is 1.05. The van der Waals surface area contributed by atoms with Crippen LogP contribution in [0.4, 0.5) is 5.95 Å². The zero-order valence-corrected chi connectivity index (χ0v) is 13.4. The Hall–Kier alpha value is -2.48. The highest BCUT2D eigenvalue weighted by atomic mass is 16.5. The van der Waals surface area contributed by atoms with E-state index in [9.17, 15) is 4.79 Å². The van der Waals surface area contributed by atoms with Gasteiger partial charge in [0.25, 0.3) is 5.91 Å². The highest BCUT2D eigenvalue weighted by Gasteiger charge is 2.29. The Morgan fingerprint density at radius 3 is 2.96 bits per heavy atom. The first-order valence-corrected chi connectivity index (χ1v) is 7.39. The standard InChI is InChI=1S/C15H19N5O3/c1-10-8-12(23-18-10)14(21)20-6-7-22-13(9-20)11-4-5-16-15(17-11)19(2)3/h4-5,8,13H,6-7,9H2,1-3H3. The minimum atomic E-state index is -0.279. The van der Waals surface area contributed by atoms with Gasteiger partial charge < -0.3 is 19.1 Å². The maximum absolute atomic E-state index is 12.5. The first-order chi connectivity index (χ1) is 11.0. The Labute approximate surface area is 134 Å². The molecule has 1 aliphatic heterocycles. The molecule has 0 bridgehead atoms. The highest BCUT2D eigenvalue weighted by Crippen LogP contribution is 2.22. The van der Waals surface area contributed by atoms with Gasteiger partial charge >= 0.3 is 0 Å². The Bertz CT molecular complexity index is 700. The van der Waals surface area contributed by atoms with Crippen LogP contribution >= 0.6 is 0 Å². The van der Waals surface area contributed by atoms with Gasteiger partial charge in [0.15, 0.2) is 0 Å². The van der Waals surface area contributed by atoms with Crippen molar-refractivity contribution in [2.24, 2.45) is 0 Å². The van der Waals surface area contributed by atoms with Crippen molar-refractivity contribution in [1.29, 1.82) is 0 Å².